The first-order chi connectivity index (χ1) is 13.8. The summed E-state index contributed by atoms with van der Waals surface area (Å²) in [5.41, 5.74) is 12.9. The Kier molecular flexibility index (Phi) is 5.56. The molecule has 0 saturated heterocycles. The maximum Gasteiger partial charge on any atom is 0.0506 e. The minimum absolute atomic E-state index is 0.491. The van der Waals surface area contributed by atoms with Crippen LogP contribution in [0.5, 0.6) is 0 Å². The molecule has 0 heterocycles. The molecule has 0 radical (unpaired) electrons. The van der Waals surface area contributed by atoms with Gasteiger partial charge in [-0.2, -0.15) is 0 Å². The molecule has 0 unspecified atom stereocenters. The van der Waals surface area contributed by atoms with Crippen LogP contribution in [0.25, 0.3) is 11.1 Å². The Morgan fingerprint density at radius 1 is 0.607 bits per heavy atom. The van der Waals surface area contributed by atoms with E-state index < -0.39 is 0 Å². The second-order valence-corrected chi connectivity index (χ2v) is 7.47. The van der Waals surface area contributed by atoms with Gasteiger partial charge in [0, 0.05) is 22.4 Å². The summed E-state index contributed by atoms with van der Waals surface area (Å²) < 4.78 is 1.06. The number of nitrogens with zero attached hydrogens (tertiary/aromatic N) is 1. The fraction of sp³-hybridized carbons (Fsp3) is 0.0400. The van der Waals surface area contributed by atoms with E-state index in [0.29, 0.717) is 6.54 Å². The predicted octanol–water partition coefficient (Wildman–Crippen LogP) is 7.04. The van der Waals surface area contributed by atoms with Crippen molar-refractivity contribution >= 4 is 33.0 Å². The Morgan fingerprint density at radius 2 is 1.14 bits per heavy atom. The van der Waals surface area contributed by atoms with Crippen molar-refractivity contribution in [2.45, 2.75) is 6.54 Å². The Hall–Kier alpha value is -2.88. The van der Waals surface area contributed by atoms with Crippen molar-refractivity contribution in [1.82, 2.24) is 0 Å². The van der Waals surface area contributed by atoms with Crippen LogP contribution in [0.15, 0.2) is 108 Å². The number of benzene rings is 4. The van der Waals surface area contributed by atoms with Gasteiger partial charge >= 0.3 is 0 Å². The lowest BCUT2D eigenvalue weighted by molar-refractivity contribution is 1.06. The molecule has 0 bridgehead atoms. The third kappa shape index (κ3) is 3.86. The van der Waals surface area contributed by atoms with Crippen LogP contribution in [0, 0.1) is 0 Å². The molecule has 0 aliphatic carbocycles. The Morgan fingerprint density at radius 3 is 1.79 bits per heavy atom. The quantitative estimate of drug-likeness (QED) is 0.369. The van der Waals surface area contributed by atoms with Crippen LogP contribution in [-0.2, 0) is 6.54 Å². The molecule has 4 aromatic carbocycles. The van der Waals surface area contributed by atoms with Gasteiger partial charge in [-0.3, -0.25) is 0 Å². The summed E-state index contributed by atoms with van der Waals surface area (Å²) >= 11 is 3.53. The van der Waals surface area contributed by atoms with Gasteiger partial charge in [0.1, 0.15) is 0 Å². The molecule has 2 N–H and O–H groups in total. The van der Waals surface area contributed by atoms with Crippen molar-refractivity contribution in [3.8, 4) is 11.1 Å². The van der Waals surface area contributed by atoms with Gasteiger partial charge in [0.05, 0.1) is 5.69 Å². The first-order valence-electron chi connectivity index (χ1n) is 9.25. The second-order valence-electron chi connectivity index (χ2n) is 6.56. The number of hydrogen-bond donors (Lipinski definition) is 1. The molecule has 4 aromatic rings. The summed E-state index contributed by atoms with van der Waals surface area (Å²) in [7, 11) is 0. The van der Waals surface area contributed by atoms with Gasteiger partial charge in [-0.15, -0.1) is 0 Å². The van der Waals surface area contributed by atoms with E-state index >= 15 is 0 Å². The molecule has 138 valence electrons. The Balaban J connectivity index is 1.80. The summed E-state index contributed by atoms with van der Waals surface area (Å²) in [5.74, 6) is 0. The summed E-state index contributed by atoms with van der Waals surface area (Å²) in [5, 5.41) is 0. The number of rotatable bonds is 5. The molecule has 0 fully saturated rings. The van der Waals surface area contributed by atoms with Crippen LogP contribution in [0.4, 0.5) is 17.1 Å². The molecule has 0 spiro atoms. The van der Waals surface area contributed by atoms with E-state index in [-0.39, 0.29) is 0 Å². The van der Waals surface area contributed by atoms with E-state index in [1.165, 1.54) is 11.1 Å². The van der Waals surface area contributed by atoms with Crippen LogP contribution in [-0.4, -0.2) is 0 Å². The van der Waals surface area contributed by atoms with Gasteiger partial charge < -0.3 is 10.6 Å². The van der Waals surface area contributed by atoms with Crippen LogP contribution in [0.3, 0.4) is 0 Å². The van der Waals surface area contributed by atoms with Crippen molar-refractivity contribution in [2.24, 2.45) is 5.73 Å². The SMILES string of the molecule is NCc1ccccc1N(c1ccc(Br)cc1)c1ccc(-c2ccccc2)cc1. The third-order valence-electron chi connectivity index (χ3n) is 4.77. The summed E-state index contributed by atoms with van der Waals surface area (Å²) in [4.78, 5) is 2.25. The molecule has 3 heteroatoms. The van der Waals surface area contributed by atoms with Crippen LogP contribution < -0.4 is 10.6 Å². The lowest BCUT2D eigenvalue weighted by Crippen LogP contribution is -2.13. The van der Waals surface area contributed by atoms with Gasteiger partial charge in [0.15, 0.2) is 0 Å². The van der Waals surface area contributed by atoms with E-state index in [2.05, 4.69) is 112 Å². The standard InChI is InChI=1S/C25H21BrN2/c26-22-12-16-24(17-13-22)28(25-9-5-4-8-21(25)18-27)23-14-10-20(11-15-23)19-6-2-1-3-7-19/h1-17H,18,27H2. The van der Waals surface area contributed by atoms with E-state index in [1.54, 1.807) is 0 Å². The van der Waals surface area contributed by atoms with Crippen LogP contribution in [0.2, 0.25) is 0 Å². The maximum absolute atomic E-state index is 6.03. The lowest BCUT2D eigenvalue weighted by Gasteiger charge is -2.27. The summed E-state index contributed by atoms with van der Waals surface area (Å²) in [6.45, 7) is 0.491. The number of nitrogens with two attached hydrogens (primary N) is 1. The Bertz CT molecular complexity index is 1040. The highest BCUT2D eigenvalue weighted by molar-refractivity contribution is 9.10. The van der Waals surface area contributed by atoms with Crippen LogP contribution in [0.1, 0.15) is 5.56 Å². The smallest absolute Gasteiger partial charge is 0.0506 e. The van der Waals surface area contributed by atoms with E-state index in [9.17, 15) is 0 Å². The highest BCUT2D eigenvalue weighted by atomic mass is 79.9. The third-order valence-corrected chi connectivity index (χ3v) is 5.30. The van der Waals surface area contributed by atoms with E-state index in [0.717, 1.165) is 27.1 Å². The molecule has 0 aliphatic rings. The highest BCUT2D eigenvalue weighted by Gasteiger charge is 2.15. The van der Waals surface area contributed by atoms with Crippen molar-refractivity contribution in [3.05, 3.63) is 113 Å². The minimum atomic E-state index is 0.491. The normalized spacial score (nSPS) is 10.6. The summed E-state index contributed by atoms with van der Waals surface area (Å²) in [6, 6.07) is 35.7. The molecule has 0 atom stereocenters. The number of anilines is 3. The fourth-order valence-electron chi connectivity index (χ4n) is 3.35. The topological polar surface area (TPSA) is 29.3 Å². The van der Waals surface area contributed by atoms with E-state index in [1.807, 2.05) is 12.1 Å². The monoisotopic (exact) mass is 428 g/mol. The number of hydrogen-bond acceptors (Lipinski definition) is 2. The van der Waals surface area contributed by atoms with Crippen molar-refractivity contribution in [2.75, 3.05) is 4.90 Å². The zero-order chi connectivity index (χ0) is 19.3. The zero-order valence-corrected chi connectivity index (χ0v) is 17.0. The largest absolute Gasteiger partial charge is 0.326 e. The summed E-state index contributed by atoms with van der Waals surface area (Å²) in [6.07, 6.45) is 0. The number of halogens is 1. The Labute approximate surface area is 174 Å². The lowest BCUT2D eigenvalue weighted by atomic mass is 10.0. The molecule has 28 heavy (non-hydrogen) atoms. The highest BCUT2D eigenvalue weighted by Crippen LogP contribution is 2.37. The maximum atomic E-state index is 6.03. The first-order valence-corrected chi connectivity index (χ1v) is 10.0. The minimum Gasteiger partial charge on any atom is -0.326 e. The van der Waals surface area contributed by atoms with Crippen molar-refractivity contribution in [3.63, 3.8) is 0 Å². The van der Waals surface area contributed by atoms with Gasteiger partial charge in [-0.05, 0) is 59.2 Å². The molecule has 0 amide bonds. The van der Waals surface area contributed by atoms with Crippen LogP contribution >= 0.6 is 15.9 Å². The van der Waals surface area contributed by atoms with E-state index in [4.69, 9.17) is 5.73 Å². The molecular formula is C25H21BrN2. The first kappa shape index (κ1) is 18.5. The van der Waals surface area contributed by atoms with Gasteiger partial charge in [-0.25, -0.2) is 0 Å². The van der Waals surface area contributed by atoms with Crippen molar-refractivity contribution in [1.29, 1.82) is 0 Å². The van der Waals surface area contributed by atoms with Gasteiger partial charge in [0.2, 0.25) is 0 Å². The zero-order valence-electron chi connectivity index (χ0n) is 15.4. The average Bonchev–Trinajstić information content (AvgIpc) is 2.77. The predicted molar refractivity (Wildman–Crippen MR) is 122 cm³/mol. The van der Waals surface area contributed by atoms with Gasteiger partial charge in [-0.1, -0.05) is 76.6 Å². The van der Waals surface area contributed by atoms with Gasteiger partial charge in [0.25, 0.3) is 0 Å². The molecule has 4 rings (SSSR count). The molecule has 0 aliphatic heterocycles. The molecule has 2 nitrogen and oxygen atoms in total. The molecule has 0 saturated carbocycles. The van der Waals surface area contributed by atoms with Crippen molar-refractivity contribution < 1.29 is 0 Å². The fourth-order valence-corrected chi connectivity index (χ4v) is 3.62. The average molecular weight is 429 g/mol. The number of para-hydroxylation sites is 1. The molecule has 0 aromatic heterocycles. The second kappa shape index (κ2) is 8.42. The molecular weight excluding hydrogens is 408 g/mol.